The first-order chi connectivity index (χ1) is 16.7. The molecule has 0 saturated carbocycles. The number of nitrogens with zero attached hydrogens (tertiary/aromatic N) is 2. The Bertz CT molecular complexity index is 1530. The predicted octanol–water partition coefficient (Wildman–Crippen LogP) is 6.59. The van der Waals surface area contributed by atoms with Crippen LogP contribution in [-0.2, 0) is 6.42 Å². The summed E-state index contributed by atoms with van der Waals surface area (Å²) in [5.74, 6) is 2.53. The van der Waals surface area contributed by atoms with Gasteiger partial charge in [-0.2, -0.15) is 0 Å². The highest BCUT2D eigenvalue weighted by molar-refractivity contribution is 6.06. The molecule has 0 radical (unpaired) electrons. The van der Waals surface area contributed by atoms with Gasteiger partial charge >= 0.3 is 0 Å². The minimum Gasteiger partial charge on any atom is -0.497 e. The predicted molar refractivity (Wildman–Crippen MR) is 136 cm³/mol. The van der Waals surface area contributed by atoms with Crippen LogP contribution in [0.1, 0.15) is 11.1 Å². The number of rotatable bonds is 5. The van der Waals surface area contributed by atoms with Crippen molar-refractivity contribution in [3.8, 4) is 34.0 Å². The maximum atomic E-state index is 5.27. The zero-order chi connectivity index (χ0) is 23.1. The van der Waals surface area contributed by atoms with E-state index in [1.165, 1.54) is 11.1 Å². The third-order valence-electron chi connectivity index (χ3n) is 6.29. The zero-order valence-corrected chi connectivity index (χ0v) is 19.0. The lowest BCUT2D eigenvalue weighted by molar-refractivity contribution is 0.414. The Hall–Kier alpha value is -4.38. The minimum atomic E-state index is 0.823. The molecule has 1 aliphatic rings. The Balaban J connectivity index is 1.27. The fourth-order valence-corrected chi connectivity index (χ4v) is 4.41. The van der Waals surface area contributed by atoms with Crippen molar-refractivity contribution in [2.45, 2.75) is 6.42 Å². The lowest BCUT2D eigenvalue weighted by atomic mass is 9.99. The SMILES string of the molecule is COc1ccc(C2=Nc3ccc(-c4ccc5nc(-c6ccc(OC)cc6)[nH]c5c4)cc3C2)cc1. The lowest BCUT2D eigenvalue weighted by Gasteiger charge is -2.05. The summed E-state index contributed by atoms with van der Waals surface area (Å²) < 4.78 is 10.5. The summed E-state index contributed by atoms with van der Waals surface area (Å²) in [6.07, 6.45) is 0.823. The topological polar surface area (TPSA) is 59.5 Å². The average Bonchev–Trinajstić information content (AvgIpc) is 3.52. The van der Waals surface area contributed by atoms with Crippen LogP contribution in [0, 0.1) is 0 Å². The molecule has 5 heteroatoms. The van der Waals surface area contributed by atoms with Gasteiger partial charge < -0.3 is 14.5 Å². The largest absolute Gasteiger partial charge is 0.497 e. The first kappa shape index (κ1) is 20.2. The van der Waals surface area contributed by atoms with E-state index in [4.69, 9.17) is 19.5 Å². The molecule has 0 unspecified atom stereocenters. The molecule has 2 heterocycles. The van der Waals surface area contributed by atoms with Gasteiger partial charge in [-0.1, -0.05) is 12.1 Å². The summed E-state index contributed by atoms with van der Waals surface area (Å²) in [7, 11) is 3.35. The van der Waals surface area contributed by atoms with Crippen molar-refractivity contribution in [2.75, 3.05) is 14.2 Å². The first-order valence-corrected chi connectivity index (χ1v) is 11.2. The van der Waals surface area contributed by atoms with E-state index in [0.717, 1.165) is 62.9 Å². The summed E-state index contributed by atoms with van der Waals surface area (Å²) >= 11 is 0. The summed E-state index contributed by atoms with van der Waals surface area (Å²) in [4.78, 5) is 13.1. The number of aromatic nitrogens is 2. The highest BCUT2D eigenvalue weighted by Crippen LogP contribution is 2.34. The second-order valence-corrected chi connectivity index (χ2v) is 8.35. The van der Waals surface area contributed by atoms with Gasteiger partial charge in [-0.3, -0.25) is 4.99 Å². The maximum absolute atomic E-state index is 5.27. The number of methoxy groups -OCH3 is 2. The molecule has 0 spiro atoms. The molecule has 5 aromatic rings. The molecule has 0 atom stereocenters. The summed E-state index contributed by atoms with van der Waals surface area (Å²) in [6.45, 7) is 0. The maximum Gasteiger partial charge on any atom is 0.138 e. The van der Waals surface area contributed by atoms with Crippen LogP contribution in [0.15, 0.2) is 89.9 Å². The smallest absolute Gasteiger partial charge is 0.138 e. The van der Waals surface area contributed by atoms with E-state index in [1.807, 2.05) is 36.4 Å². The van der Waals surface area contributed by atoms with Crippen LogP contribution in [0.4, 0.5) is 5.69 Å². The summed E-state index contributed by atoms with van der Waals surface area (Å²) in [6, 6.07) is 28.9. The number of nitrogens with one attached hydrogen (secondary N) is 1. The molecule has 166 valence electrons. The van der Waals surface area contributed by atoms with Gasteiger partial charge in [0.2, 0.25) is 0 Å². The molecule has 34 heavy (non-hydrogen) atoms. The molecule has 0 fully saturated rings. The summed E-state index contributed by atoms with van der Waals surface area (Å²) in [5, 5.41) is 0. The molecular weight excluding hydrogens is 422 g/mol. The van der Waals surface area contributed by atoms with Crippen molar-refractivity contribution in [3.63, 3.8) is 0 Å². The zero-order valence-electron chi connectivity index (χ0n) is 19.0. The van der Waals surface area contributed by atoms with Gasteiger partial charge in [-0.15, -0.1) is 0 Å². The molecule has 0 saturated heterocycles. The second kappa shape index (κ2) is 8.19. The van der Waals surface area contributed by atoms with Crippen LogP contribution in [0.5, 0.6) is 11.5 Å². The minimum absolute atomic E-state index is 0.823. The fraction of sp³-hybridized carbons (Fsp3) is 0.103. The van der Waals surface area contributed by atoms with Crippen molar-refractivity contribution in [3.05, 3.63) is 96.1 Å². The molecule has 1 N–H and O–H groups in total. The fourth-order valence-electron chi connectivity index (χ4n) is 4.41. The van der Waals surface area contributed by atoms with Crippen molar-refractivity contribution in [1.29, 1.82) is 0 Å². The number of aliphatic imine (C=N–C) groups is 1. The van der Waals surface area contributed by atoms with Crippen molar-refractivity contribution in [2.24, 2.45) is 4.99 Å². The van der Waals surface area contributed by atoms with Crippen LogP contribution in [0.2, 0.25) is 0 Å². The average molecular weight is 446 g/mol. The van der Waals surface area contributed by atoms with E-state index in [1.54, 1.807) is 14.2 Å². The lowest BCUT2D eigenvalue weighted by Crippen LogP contribution is -2.00. The number of fused-ring (bicyclic) bond motifs is 2. The number of ether oxygens (including phenoxy) is 2. The van der Waals surface area contributed by atoms with Crippen molar-refractivity contribution in [1.82, 2.24) is 9.97 Å². The number of hydrogen-bond donors (Lipinski definition) is 1. The molecule has 0 aliphatic carbocycles. The van der Waals surface area contributed by atoms with Crippen LogP contribution >= 0.6 is 0 Å². The summed E-state index contributed by atoms with van der Waals surface area (Å²) in [5.41, 5.74) is 9.81. The van der Waals surface area contributed by atoms with Gasteiger partial charge in [0, 0.05) is 12.0 Å². The highest BCUT2D eigenvalue weighted by atomic mass is 16.5. The number of hydrogen-bond acceptors (Lipinski definition) is 4. The normalized spacial score (nSPS) is 12.5. The third kappa shape index (κ3) is 3.61. The van der Waals surface area contributed by atoms with Gasteiger partial charge in [-0.05, 0) is 95.1 Å². The van der Waals surface area contributed by atoms with E-state index in [2.05, 4.69) is 53.5 Å². The molecule has 0 amide bonds. The Morgan fingerprint density at radius 1 is 0.676 bits per heavy atom. The highest BCUT2D eigenvalue weighted by Gasteiger charge is 2.17. The van der Waals surface area contributed by atoms with E-state index in [9.17, 15) is 0 Å². The molecule has 5 nitrogen and oxygen atoms in total. The van der Waals surface area contributed by atoms with Gasteiger partial charge in [0.25, 0.3) is 0 Å². The van der Waals surface area contributed by atoms with Crippen LogP contribution in [0.25, 0.3) is 33.5 Å². The molecule has 4 aromatic carbocycles. The van der Waals surface area contributed by atoms with Crippen molar-refractivity contribution < 1.29 is 9.47 Å². The Labute approximate surface area is 197 Å². The molecule has 1 aromatic heterocycles. The molecule has 6 rings (SSSR count). The van der Waals surface area contributed by atoms with Crippen LogP contribution < -0.4 is 9.47 Å². The van der Waals surface area contributed by atoms with E-state index >= 15 is 0 Å². The van der Waals surface area contributed by atoms with E-state index < -0.39 is 0 Å². The van der Waals surface area contributed by atoms with Gasteiger partial charge in [0.15, 0.2) is 0 Å². The second-order valence-electron chi connectivity index (χ2n) is 8.35. The van der Waals surface area contributed by atoms with Gasteiger partial charge in [0.1, 0.15) is 17.3 Å². The van der Waals surface area contributed by atoms with Crippen LogP contribution in [0.3, 0.4) is 0 Å². The first-order valence-electron chi connectivity index (χ1n) is 11.2. The van der Waals surface area contributed by atoms with E-state index in [-0.39, 0.29) is 0 Å². The number of benzene rings is 4. The van der Waals surface area contributed by atoms with Crippen LogP contribution in [-0.4, -0.2) is 29.9 Å². The van der Waals surface area contributed by atoms with Gasteiger partial charge in [-0.25, -0.2) is 4.98 Å². The van der Waals surface area contributed by atoms with E-state index in [0.29, 0.717) is 0 Å². The Morgan fingerprint density at radius 2 is 1.29 bits per heavy atom. The van der Waals surface area contributed by atoms with Crippen molar-refractivity contribution >= 4 is 22.4 Å². The quantitative estimate of drug-likeness (QED) is 0.332. The monoisotopic (exact) mass is 445 g/mol. The van der Waals surface area contributed by atoms with Gasteiger partial charge in [0.05, 0.1) is 36.7 Å². The number of imidazole rings is 1. The molecule has 1 aliphatic heterocycles. The Kier molecular flexibility index (Phi) is 4.88. The number of H-pyrrole nitrogens is 1. The molecule has 0 bridgehead atoms. The Morgan fingerprint density at radius 3 is 2.00 bits per heavy atom. The number of aromatic amines is 1. The third-order valence-corrected chi connectivity index (χ3v) is 6.29. The standard InChI is InChI=1S/C29H23N3O2/c1-33-23-9-3-18(4-10-23)27-17-22-15-20(7-13-25(22)30-27)21-8-14-26-28(16-21)32-29(31-26)19-5-11-24(34-2)12-6-19/h3-16H,17H2,1-2H3,(H,31,32). The molecular formula is C29H23N3O2.